The average molecular weight is 378 g/mol. The lowest BCUT2D eigenvalue weighted by Gasteiger charge is -2.22. The normalized spacial score (nSPS) is 13.0. The molecule has 0 spiro atoms. The van der Waals surface area contributed by atoms with Crippen LogP contribution in [0.2, 0.25) is 0 Å². The fourth-order valence-electron chi connectivity index (χ4n) is 2.93. The van der Waals surface area contributed by atoms with Crippen LogP contribution in [0.4, 0.5) is 10.1 Å². The second-order valence-corrected chi connectivity index (χ2v) is 6.89. The van der Waals surface area contributed by atoms with Gasteiger partial charge in [-0.25, -0.2) is 13.9 Å². The van der Waals surface area contributed by atoms with E-state index < -0.39 is 5.60 Å². The molecule has 0 aliphatic rings. The van der Waals surface area contributed by atoms with Gasteiger partial charge in [-0.15, -0.1) is 5.10 Å². The van der Waals surface area contributed by atoms with Crippen LogP contribution in [0.3, 0.4) is 0 Å². The van der Waals surface area contributed by atoms with Crippen molar-refractivity contribution in [1.82, 2.24) is 15.0 Å². The predicted octanol–water partition coefficient (Wildman–Crippen LogP) is 3.51. The number of benzene rings is 2. The standard InChI is InChI=1S/C21H19FN4O2/c1-14-10-15(4-9-18(14)23-3)11-20(27)21(2,28)13-26-19(12-24-25-26)16-5-7-17(22)8-6-16/h4-10,12,28H,11,13H2,1-2H3/t21-/m0/s1. The SMILES string of the molecule is [C-]#[N+]c1ccc(CC(=O)[C@@](C)(O)Cn2nncc2-c2ccc(F)cc2)cc1C. The molecule has 0 aliphatic carbocycles. The molecule has 0 saturated carbocycles. The van der Waals surface area contributed by atoms with Crippen LogP contribution in [-0.2, 0) is 17.8 Å². The Morgan fingerprint density at radius 1 is 1.29 bits per heavy atom. The van der Waals surface area contributed by atoms with E-state index in [0.29, 0.717) is 16.9 Å². The van der Waals surface area contributed by atoms with Gasteiger partial charge in [0.05, 0.1) is 25.0 Å². The topological polar surface area (TPSA) is 72.4 Å². The first-order valence-corrected chi connectivity index (χ1v) is 8.67. The van der Waals surface area contributed by atoms with Crippen LogP contribution in [0.15, 0.2) is 48.7 Å². The highest BCUT2D eigenvalue weighted by Gasteiger charge is 2.32. The van der Waals surface area contributed by atoms with E-state index in [9.17, 15) is 14.3 Å². The molecule has 0 fully saturated rings. The largest absolute Gasteiger partial charge is 0.380 e. The molecular weight excluding hydrogens is 359 g/mol. The maximum atomic E-state index is 13.1. The third kappa shape index (κ3) is 4.13. The minimum atomic E-state index is -1.67. The van der Waals surface area contributed by atoms with Crippen molar-refractivity contribution in [2.24, 2.45) is 0 Å². The van der Waals surface area contributed by atoms with Gasteiger partial charge in [0.15, 0.2) is 11.5 Å². The van der Waals surface area contributed by atoms with E-state index in [4.69, 9.17) is 6.57 Å². The molecule has 0 radical (unpaired) electrons. The van der Waals surface area contributed by atoms with Gasteiger partial charge >= 0.3 is 0 Å². The lowest BCUT2D eigenvalue weighted by atomic mass is 9.94. The summed E-state index contributed by atoms with van der Waals surface area (Å²) in [6, 6.07) is 11.0. The van der Waals surface area contributed by atoms with Gasteiger partial charge in [0.2, 0.25) is 0 Å². The number of carbonyl (C=O) groups is 1. The monoisotopic (exact) mass is 378 g/mol. The Morgan fingerprint density at radius 2 is 2.00 bits per heavy atom. The molecule has 1 atom stereocenters. The average Bonchev–Trinajstić information content (AvgIpc) is 3.10. The van der Waals surface area contributed by atoms with Crippen LogP contribution >= 0.6 is 0 Å². The molecule has 3 aromatic rings. The van der Waals surface area contributed by atoms with E-state index in [1.165, 1.54) is 29.9 Å². The molecular formula is C21H19FN4O2. The first-order valence-electron chi connectivity index (χ1n) is 8.67. The third-order valence-corrected chi connectivity index (χ3v) is 4.56. The molecule has 1 aromatic heterocycles. The molecule has 0 aliphatic heterocycles. The van der Waals surface area contributed by atoms with E-state index >= 15 is 0 Å². The molecule has 6 nitrogen and oxygen atoms in total. The number of ketones is 1. The fourth-order valence-corrected chi connectivity index (χ4v) is 2.93. The molecule has 3 rings (SSSR count). The lowest BCUT2D eigenvalue weighted by Crippen LogP contribution is -2.41. The number of carbonyl (C=O) groups excluding carboxylic acids is 1. The molecule has 0 amide bonds. The van der Waals surface area contributed by atoms with Crippen molar-refractivity contribution < 1.29 is 14.3 Å². The molecule has 142 valence electrons. The van der Waals surface area contributed by atoms with Gasteiger partial charge in [0.25, 0.3) is 0 Å². The maximum Gasteiger partial charge on any atom is 0.190 e. The van der Waals surface area contributed by atoms with Gasteiger partial charge in [0, 0.05) is 12.0 Å². The number of hydrogen-bond donors (Lipinski definition) is 1. The molecule has 0 bridgehead atoms. The van der Waals surface area contributed by atoms with E-state index in [-0.39, 0.29) is 24.6 Å². The summed E-state index contributed by atoms with van der Waals surface area (Å²) in [7, 11) is 0. The number of aryl methyl sites for hydroxylation is 1. The molecule has 2 aromatic carbocycles. The summed E-state index contributed by atoms with van der Waals surface area (Å²) in [5, 5.41) is 18.6. The number of hydrogen-bond acceptors (Lipinski definition) is 4. The van der Waals surface area contributed by atoms with E-state index in [0.717, 1.165) is 11.1 Å². The van der Waals surface area contributed by atoms with Gasteiger partial charge in [0.1, 0.15) is 11.4 Å². The van der Waals surface area contributed by atoms with Crippen LogP contribution < -0.4 is 0 Å². The first-order chi connectivity index (χ1) is 13.3. The number of aliphatic hydroxyl groups is 1. The van der Waals surface area contributed by atoms with Gasteiger partial charge in [-0.2, -0.15) is 0 Å². The van der Waals surface area contributed by atoms with E-state index in [1.807, 2.05) is 6.92 Å². The maximum absolute atomic E-state index is 13.1. The summed E-state index contributed by atoms with van der Waals surface area (Å²) in [5.74, 6) is -0.729. The van der Waals surface area contributed by atoms with Crippen molar-refractivity contribution >= 4 is 11.5 Å². The number of rotatable bonds is 6. The number of Topliss-reactive ketones (excluding diaryl/α,β-unsaturated/α-hetero) is 1. The van der Waals surface area contributed by atoms with Crippen molar-refractivity contribution in [1.29, 1.82) is 0 Å². The highest BCUT2D eigenvalue weighted by molar-refractivity contribution is 5.88. The van der Waals surface area contributed by atoms with Gasteiger partial charge in [-0.3, -0.25) is 4.79 Å². The Bertz CT molecular complexity index is 1050. The van der Waals surface area contributed by atoms with Crippen LogP contribution in [-0.4, -0.2) is 31.5 Å². The highest BCUT2D eigenvalue weighted by Crippen LogP contribution is 2.23. The first kappa shape index (κ1) is 19.4. The zero-order valence-electron chi connectivity index (χ0n) is 15.6. The Labute approximate surface area is 162 Å². The number of nitrogens with zero attached hydrogens (tertiary/aromatic N) is 4. The minimum absolute atomic E-state index is 0.0344. The summed E-state index contributed by atoms with van der Waals surface area (Å²) in [4.78, 5) is 16.1. The predicted molar refractivity (Wildman–Crippen MR) is 102 cm³/mol. The minimum Gasteiger partial charge on any atom is -0.380 e. The Hall–Kier alpha value is -3.37. The van der Waals surface area contributed by atoms with Crippen LogP contribution in [0, 0.1) is 19.3 Å². The van der Waals surface area contributed by atoms with E-state index in [2.05, 4.69) is 15.2 Å². The van der Waals surface area contributed by atoms with Crippen molar-refractivity contribution in [2.75, 3.05) is 0 Å². The van der Waals surface area contributed by atoms with Crippen molar-refractivity contribution in [2.45, 2.75) is 32.4 Å². The van der Waals surface area contributed by atoms with Crippen molar-refractivity contribution in [3.63, 3.8) is 0 Å². The molecule has 7 heteroatoms. The summed E-state index contributed by atoms with van der Waals surface area (Å²) in [6.45, 7) is 10.3. The summed E-state index contributed by atoms with van der Waals surface area (Å²) < 4.78 is 14.6. The van der Waals surface area contributed by atoms with Gasteiger partial charge in [-0.1, -0.05) is 23.4 Å². The molecule has 28 heavy (non-hydrogen) atoms. The summed E-state index contributed by atoms with van der Waals surface area (Å²) in [6.07, 6.45) is 1.53. The third-order valence-electron chi connectivity index (χ3n) is 4.56. The lowest BCUT2D eigenvalue weighted by molar-refractivity contribution is -0.136. The zero-order valence-corrected chi connectivity index (χ0v) is 15.6. The Balaban J connectivity index is 1.78. The summed E-state index contributed by atoms with van der Waals surface area (Å²) >= 11 is 0. The number of halogens is 1. The molecule has 0 unspecified atom stereocenters. The molecule has 1 N–H and O–H groups in total. The zero-order chi connectivity index (χ0) is 20.3. The van der Waals surface area contributed by atoms with E-state index in [1.54, 1.807) is 30.3 Å². The molecule has 1 heterocycles. The van der Waals surface area contributed by atoms with Crippen molar-refractivity contribution in [3.05, 3.63) is 77.0 Å². The van der Waals surface area contributed by atoms with Crippen molar-refractivity contribution in [3.8, 4) is 11.3 Å². The second kappa shape index (κ2) is 7.71. The number of aromatic nitrogens is 3. The Morgan fingerprint density at radius 3 is 2.64 bits per heavy atom. The van der Waals surface area contributed by atoms with Crippen LogP contribution in [0.1, 0.15) is 18.1 Å². The second-order valence-electron chi connectivity index (χ2n) is 6.89. The van der Waals surface area contributed by atoms with Crippen LogP contribution in [0.5, 0.6) is 0 Å². The highest BCUT2D eigenvalue weighted by atomic mass is 19.1. The van der Waals surface area contributed by atoms with Gasteiger partial charge in [-0.05, 0) is 49.2 Å². The molecule has 0 saturated heterocycles. The van der Waals surface area contributed by atoms with Crippen LogP contribution in [0.25, 0.3) is 16.1 Å². The summed E-state index contributed by atoms with van der Waals surface area (Å²) in [5.41, 5.74) is 1.64. The quantitative estimate of drug-likeness (QED) is 0.667. The van der Waals surface area contributed by atoms with Gasteiger partial charge < -0.3 is 5.11 Å². The smallest absolute Gasteiger partial charge is 0.190 e. The fraction of sp³-hybridized carbons (Fsp3) is 0.238. The Kier molecular flexibility index (Phi) is 5.34.